The van der Waals surface area contributed by atoms with Gasteiger partial charge in [-0.3, -0.25) is 0 Å². The number of carbonyl (C=O) groups is 1. The standard InChI is InChI=1S/C14H21FN2O2/c1-5-17(10(2)9-16(3)4)13-7-6-11(14(18)19)8-12(13)15/h6-8,10H,5,9H2,1-4H3,(H,18,19). The normalized spacial score (nSPS) is 12.5. The minimum atomic E-state index is -1.12. The van der Waals surface area contributed by atoms with Crippen LogP contribution in [0.4, 0.5) is 10.1 Å². The lowest BCUT2D eigenvalue weighted by atomic mass is 10.1. The van der Waals surface area contributed by atoms with Gasteiger partial charge in [0, 0.05) is 19.1 Å². The fourth-order valence-corrected chi connectivity index (χ4v) is 2.22. The van der Waals surface area contributed by atoms with Crippen LogP contribution >= 0.6 is 0 Å². The van der Waals surface area contributed by atoms with E-state index in [4.69, 9.17) is 5.11 Å². The number of halogens is 1. The largest absolute Gasteiger partial charge is 0.478 e. The van der Waals surface area contributed by atoms with Crippen LogP contribution in [0.2, 0.25) is 0 Å². The zero-order valence-corrected chi connectivity index (χ0v) is 11.9. The molecule has 0 aromatic heterocycles. The molecule has 4 nitrogen and oxygen atoms in total. The molecule has 19 heavy (non-hydrogen) atoms. The van der Waals surface area contributed by atoms with Crippen molar-refractivity contribution in [3.63, 3.8) is 0 Å². The summed E-state index contributed by atoms with van der Waals surface area (Å²) in [5.74, 6) is -1.61. The molecule has 1 unspecified atom stereocenters. The quantitative estimate of drug-likeness (QED) is 0.859. The molecule has 0 radical (unpaired) electrons. The molecule has 0 aliphatic rings. The molecule has 0 fully saturated rings. The van der Waals surface area contributed by atoms with Crippen molar-refractivity contribution in [1.82, 2.24) is 4.90 Å². The first-order chi connectivity index (χ1) is 8.86. The highest BCUT2D eigenvalue weighted by molar-refractivity contribution is 5.88. The van der Waals surface area contributed by atoms with Gasteiger partial charge in [-0.25, -0.2) is 9.18 Å². The topological polar surface area (TPSA) is 43.8 Å². The molecule has 0 amide bonds. The Morgan fingerprint density at radius 3 is 2.47 bits per heavy atom. The number of carboxylic acid groups (broad SMARTS) is 1. The lowest BCUT2D eigenvalue weighted by molar-refractivity contribution is 0.0696. The van der Waals surface area contributed by atoms with Gasteiger partial charge < -0.3 is 14.9 Å². The third kappa shape index (κ3) is 3.92. The fourth-order valence-electron chi connectivity index (χ4n) is 2.22. The first-order valence-corrected chi connectivity index (χ1v) is 6.31. The van der Waals surface area contributed by atoms with Crippen molar-refractivity contribution in [1.29, 1.82) is 0 Å². The van der Waals surface area contributed by atoms with Crippen LogP contribution in [-0.2, 0) is 0 Å². The average Bonchev–Trinajstić information content (AvgIpc) is 2.30. The zero-order valence-electron chi connectivity index (χ0n) is 11.9. The monoisotopic (exact) mass is 268 g/mol. The number of nitrogens with zero attached hydrogens (tertiary/aromatic N) is 2. The maximum absolute atomic E-state index is 14.0. The second kappa shape index (κ2) is 6.52. The Labute approximate surface area is 113 Å². The molecule has 0 bridgehead atoms. The first kappa shape index (κ1) is 15.4. The highest BCUT2D eigenvalue weighted by atomic mass is 19.1. The third-order valence-electron chi connectivity index (χ3n) is 3.01. The number of likely N-dealkylation sites (N-methyl/N-ethyl adjacent to an activating group) is 2. The maximum Gasteiger partial charge on any atom is 0.335 e. The van der Waals surface area contributed by atoms with Crippen LogP contribution in [0, 0.1) is 5.82 Å². The van der Waals surface area contributed by atoms with Crippen LogP contribution in [0.5, 0.6) is 0 Å². The van der Waals surface area contributed by atoms with Crippen molar-refractivity contribution in [2.75, 3.05) is 32.1 Å². The number of hydrogen-bond donors (Lipinski definition) is 1. The van der Waals surface area contributed by atoms with Gasteiger partial charge in [-0.1, -0.05) is 0 Å². The van der Waals surface area contributed by atoms with Gasteiger partial charge in [0.05, 0.1) is 11.3 Å². The molecule has 0 heterocycles. The molecule has 1 aromatic carbocycles. The van der Waals surface area contributed by atoms with Crippen LogP contribution in [0.15, 0.2) is 18.2 Å². The molecule has 1 rings (SSSR count). The van der Waals surface area contributed by atoms with Gasteiger partial charge in [0.1, 0.15) is 5.82 Å². The van der Waals surface area contributed by atoms with Crippen LogP contribution in [0.25, 0.3) is 0 Å². The van der Waals surface area contributed by atoms with E-state index >= 15 is 0 Å². The summed E-state index contributed by atoms with van der Waals surface area (Å²) in [6.45, 7) is 5.44. The summed E-state index contributed by atoms with van der Waals surface area (Å²) < 4.78 is 14.0. The van der Waals surface area contributed by atoms with Gasteiger partial charge in [0.2, 0.25) is 0 Å². The Hall–Kier alpha value is -1.62. The summed E-state index contributed by atoms with van der Waals surface area (Å²) in [6.07, 6.45) is 0. The number of rotatable bonds is 6. The Balaban J connectivity index is 3.02. The predicted octanol–water partition coefficient (Wildman–Crippen LogP) is 2.30. The van der Waals surface area contributed by atoms with E-state index in [1.807, 2.05) is 37.7 Å². The predicted molar refractivity (Wildman–Crippen MR) is 74.4 cm³/mol. The summed E-state index contributed by atoms with van der Waals surface area (Å²) in [5.41, 5.74) is 0.416. The molecular weight excluding hydrogens is 247 g/mol. The maximum atomic E-state index is 14.0. The molecule has 0 aliphatic heterocycles. The van der Waals surface area contributed by atoms with E-state index in [9.17, 15) is 9.18 Å². The van der Waals surface area contributed by atoms with Crippen LogP contribution in [0.3, 0.4) is 0 Å². The summed E-state index contributed by atoms with van der Waals surface area (Å²) in [5, 5.41) is 8.84. The highest BCUT2D eigenvalue weighted by Crippen LogP contribution is 2.22. The summed E-state index contributed by atoms with van der Waals surface area (Å²) in [4.78, 5) is 14.8. The summed E-state index contributed by atoms with van der Waals surface area (Å²) in [7, 11) is 3.93. The molecule has 0 aliphatic carbocycles. The van der Waals surface area contributed by atoms with E-state index in [2.05, 4.69) is 0 Å². The molecule has 1 aromatic rings. The van der Waals surface area contributed by atoms with E-state index in [1.165, 1.54) is 12.1 Å². The van der Waals surface area contributed by atoms with E-state index in [1.54, 1.807) is 0 Å². The van der Waals surface area contributed by atoms with Crippen molar-refractivity contribution in [3.8, 4) is 0 Å². The van der Waals surface area contributed by atoms with Crippen molar-refractivity contribution in [3.05, 3.63) is 29.6 Å². The first-order valence-electron chi connectivity index (χ1n) is 6.31. The fraction of sp³-hybridized carbons (Fsp3) is 0.500. The molecule has 0 saturated carbocycles. The van der Waals surface area contributed by atoms with Gasteiger partial charge in [-0.2, -0.15) is 0 Å². The van der Waals surface area contributed by atoms with E-state index in [-0.39, 0.29) is 11.6 Å². The lowest BCUT2D eigenvalue weighted by Gasteiger charge is -2.32. The Kier molecular flexibility index (Phi) is 5.30. The number of benzene rings is 1. The van der Waals surface area contributed by atoms with E-state index in [0.717, 1.165) is 12.6 Å². The van der Waals surface area contributed by atoms with E-state index < -0.39 is 11.8 Å². The van der Waals surface area contributed by atoms with Crippen molar-refractivity contribution in [2.24, 2.45) is 0 Å². The van der Waals surface area contributed by atoms with Gasteiger partial charge in [-0.05, 0) is 46.1 Å². The van der Waals surface area contributed by atoms with Gasteiger partial charge in [-0.15, -0.1) is 0 Å². The van der Waals surface area contributed by atoms with Crippen molar-refractivity contribution in [2.45, 2.75) is 19.9 Å². The minimum Gasteiger partial charge on any atom is -0.478 e. The van der Waals surface area contributed by atoms with Crippen LogP contribution < -0.4 is 4.90 Å². The summed E-state index contributed by atoms with van der Waals surface area (Å²) in [6, 6.07) is 4.19. The second-order valence-electron chi connectivity index (χ2n) is 4.87. The summed E-state index contributed by atoms with van der Waals surface area (Å²) >= 11 is 0. The second-order valence-corrected chi connectivity index (χ2v) is 4.87. The molecule has 106 valence electrons. The molecule has 0 spiro atoms. The third-order valence-corrected chi connectivity index (χ3v) is 3.01. The molecule has 1 atom stereocenters. The van der Waals surface area contributed by atoms with Crippen molar-refractivity contribution >= 4 is 11.7 Å². The van der Waals surface area contributed by atoms with Gasteiger partial charge in [0.25, 0.3) is 0 Å². The number of hydrogen-bond acceptors (Lipinski definition) is 3. The van der Waals surface area contributed by atoms with Crippen LogP contribution in [0.1, 0.15) is 24.2 Å². The van der Waals surface area contributed by atoms with E-state index in [0.29, 0.717) is 12.2 Å². The average molecular weight is 268 g/mol. The van der Waals surface area contributed by atoms with Crippen molar-refractivity contribution < 1.29 is 14.3 Å². The Morgan fingerprint density at radius 2 is 2.05 bits per heavy atom. The number of aromatic carboxylic acids is 1. The molecule has 0 saturated heterocycles. The Morgan fingerprint density at radius 1 is 1.42 bits per heavy atom. The van der Waals surface area contributed by atoms with Gasteiger partial charge in [0.15, 0.2) is 0 Å². The molecule has 5 heteroatoms. The number of carboxylic acids is 1. The minimum absolute atomic E-state index is 0.0300. The molecular formula is C14H21FN2O2. The zero-order chi connectivity index (χ0) is 14.6. The molecule has 1 N–H and O–H groups in total. The Bertz CT molecular complexity index is 449. The smallest absolute Gasteiger partial charge is 0.335 e. The number of anilines is 1. The SMILES string of the molecule is CCN(c1ccc(C(=O)O)cc1F)C(C)CN(C)C. The van der Waals surface area contributed by atoms with Crippen LogP contribution in [-0.4, -0.2) is 49.2 Å². The highest BCUT2D eigenvalue weighted by Gasteiger charge is 2.18. The van der Waals surface area contributed by atoms with Gasteiger partial charge >= 0.3 is 5.97 Å². The lowest BCUT2D eigenvalue weighted by Crippen LogP contribution is -2.40.